The fourth-order valence-electron chi connectivity index (χ4n) is 0.354. The van der Waals surface area contributed by atoms with E-state index in [1.807, 2.05) is 0 Å². The summed E-state index contributed by atoms with van der Waals surface area (Å²) in [5.74, 6) is 0. The Morgan fingerprint density at radius 2 is 2.30 bits per heavy atom. The number of aliphatic hydroxyl groups excluding tert-OH is 2. The molecule has 10 heavy (non-hydrogen) atoms. The van der Waals surface area contributed by atoms with Crippen molar-refractivity contribution in [3.05, 3.63) is 12.7 Å². The van der Waals surface area contributed by atoms with Crippen LogP contribution in [0, 0.1) is 0 Å². The molecule has 0 aliphatic rings. The lowest BCUT2D eigenvalue weighted by Crippen LogP contribution is -2.27. The molecule has 0 bridgehead atoms. The Kier molecular flexibility index (Phi) is 5.63. The third kappa shape index (κ3) is 3.85. The van der Waals surface area contributed by atoms with E-state index in [2.05, 4.69) is 6.58 Å². The highest BCUT2D eigenvalue weighted by Gasteiger charge is 2.14. The minimum Gasteiger partial charge on any atom is -0.394 e. The summed E-state index contributed by atoms with van der Waals surface area (Å²) in [6.45, 7) is 3.26. The number of halogens is 1. The minimum absolute atomic E-state index is 0.269. The molecule has 60 valence electrons. The predicted octanol–water partition coefficient (Wildman–Crippen LogP) is 0.107. The van der Waals surface area contributed by atoms with Crippen LogP contribution in [0.4, 0.5) is 0 Å². The average Bonchev–Trinajstić information content (AvgIpc) is 1.98. The maximum Gasteiger partial charge on any atom is 0.159 e. The molecule has 0 spiro atoms. The van der Waals surface area contributed by atoms with Gasteiger partial charge in [-0.05, 0) is 0 Å². The summed E-state index contributed by atoms with van der Waals surface area (Å²) in [4.78, 5) is 0. The highest BCUT2D eigenvalue weighted by Crippen LogP contribution is 2.03. The third-order valence-electron chi connectivity index (χ3n) is 0.863. The average molecular weight is 167 g/mol. The Balaban J connectivity index is 3.40. The van der Waals surface area contributed by atoms with E-state index in [1.165, 1.54) is 6.08 Å². The summed E-state index contributed by atoms with van der Waals surface area (Å²) in [6.07, 6.45) is 0.487. The summed E-state index contributed by atoms with van der Waals surface area (Å²) in [5, 5.41) is 17.2. The first-order valence-electron chi connectivity index (χ1n) is 2.88. The number of hydrogen-bond acceptors (Lipinski definition) is 3. The molecular weight excluding hydrogens is 156 g/mol. The van der Waals surface area contributed by atoms with Crippen molar-refractivity contribution in [2.24, 2.45) is 0 Å². The molecule has 0 aliphatic heterocycles. The first-order chi connectivity index (χ1) is 4.72. The number of ether oxygens (including phenoxy) is 1. The predicted molar refractivity (Wildman–Crippen MR) is 38.9 cm³/mol. The second kappa shape index (κ2) is 5.68. The van der Waals surface area contributed by atoms with Crippen molar-refractivity contribution in [2.75, 3.05) is 13.2 Å². The molecule has 0 fully saturated rings. The summed E-state index contributed by atoms with van der Waals surface area (Å²) in [7, 11) is 0. The molecule has 0 saturated heterocycles. The summed E-state index contributed by atoms with van der Waals surface area (Å²) in [5.41, 5.74) is -0.858. The molecule has 0 heterocycles. The van der Waals surface area contributed by atoms with Crippen LogP contribution in [-0.2, 0) is 4.74 Å². The van der Waals surface area contributed by atoms with Crippen LogP contribution in [0.2, 0.25) is 0 Å². The highest BCUT2D eigenvalue weighted by atomic mass is 35.5. The van der Waals surface area contributed by atoms with Gasteiger partial charge in [-0.2, -0.15) is 0 Å². The van der Waals surface area contributed by atoms with E-state index in [0.717, 1.165) is 0 Å². The Hall–Kier alpha value is -0.0900. The lowest BCUT2D eigenvalue weighted by molar-refractivity contribution is -0.00776. The van der Waals surface area contributed by atoms with Gasteiger partial charge in [0.25, 0.3) is 0 Å². The van der Waals surface area contributed by atoms with Gasteiger partial charge < -0.3 is 14.9 Å². The molecule has 2 N–H and O–H groups in total. The second-order valence-corrected chi connectivity index (χ2v) is 2.15. The monoisotopic (exact) mass is 166 g/mol. The molecule has 2 atom stereocenters. The van der Waals surface area contributed by atoms with Crippen LogP contribution < -0.4 is 0 Å². The van der Waals surface area contributed by atoms with Gasteiger partial charge in [-0.15, -0.1) is 6.58 Å². The molecular formula is C6H11ClO3. The van der Waals surface area contributed by atoms with Crippen molar-refractivity contribution in [3.8, 4) is 0 Å². The number of alkyl halides is 1. The molecule has 0 radical (unpaired) electrons. The largest absolute Gasteiger partial charge is 0.394 e. The third-order valence-corrected chi connectivity index (χ3v) is 1.28. The van der Waals surface area contributed by atoms with Gasteiger partial charge in [-0.1, -0.05) is 17.7 Å². The number of aliphatic hydroxyl groups is 2. The van der Waals surface area contributed by atoms with Crippen LogP contribution >= 0.6 is 11.6 Å². The van der Waals surface area contributed by atoms with Gasteiger partial charge in [0.1, 0.15) is 6.10 Å². The minimum atomic E-state index is -1.03. The van der Waals surface area contributed by atoms with E-state index in [9.17, 15) is 0 Å². The lowest BCUT2D eigenvalue weighted by Gasteiger charge is -2.13. The van der Waals surface area contributed by atoms with E-state index in [1.54, 1.807) is 0 Å². The van der Waals surface area contributed by atoms with E-state index in [-0.39, 0.29) is 6.61 Å². The smallest absolute Gasteiger partial charge is 0.159 e. The Morgan fingerprint density at radius 1 is 1.70 bits per heavy atom. The molecule has 0 aliphatic carbocycles. The van der Waals surface area contributed by atoms with E-state index >= 15 is 0 Å². The second-order valence-electron chi connectivity index (χ2n) is 1.72. The molecule has 4 heteroatoms. The molecule has 0 saturated carbocycles. The lowest BCUT2D eigenvalue weighted by atomic mass is 10.4. The molecule has 0 aromatic carbocycles. The normalized spacial score (nSPS) is 16.3. The fraction of sp³-hybridized carbons (Fsp3) is 0.667. The first kappa shape index (κ1) is 9.91. The van der Waals surface area contributed by atoms with Gasteiger partial charge in [0.05, 0.1) is 13.2 Å². The number of hydrogen-bond donors (Lipinski definition) is 2. The van der Waals surface area contributed by atoms with Crippen molar-refractivity contribution in [2.45, 2.75) is 11.7 Å². The van der Waals surface area contributed by atoms with Gasteiger partial charge >= 0.3 is 0 Å². The molecule has 0 aromatic heterocycles. The van der Waals surface area contributed by atoms with E-state index < -0.39 is 18.3 Å². The van der Waals surface area contributed by atoms with Gasteiger partial charge in [0.15, 0.2) is 5.56 Å². The topological polar surface area (TPSA) is 49.7 Å². The van der Waals surface area contributed by atoms with Crippen LogP contribution in [0.3, 0.4) is 0 Å². The molecule has 2 unspecified atom stereocenters. The van der Waals surface area contributed by atoms with Crippen molar-refractivity contribution < 1.29 is 14.9 Å². The van der Waals surface area contributed by atoms with Crippen LogP contribution in [0.5, 0.6) is 0 Å². The van der Waals surface area contributed by atoms with Gasteiger partial charge in [0, 0.05) is 0 Å². The summed E-state index contributed by atoms with van der Waals surface area (Å²) < 4.78 is 4.78. The van der Waals surface area contributed by atoms with Gasteiger partial charge in [-0.3, -0.25) is 0 Å². The molecule has 0 rings (SSSR count). The van der Waals surface area contributed by atoms with Crippen LogP contribution in [0.15, 0.2) is 12.7 Å². The quantitative estimate of drug-likeness (QED) is 0.450. The zero-order chi connectivity index (χ0) is 7.98. The maximum absolute atomic E-state index is 8.81. The standard InChI is InChI=1S/C6H11ClO3/c1-2-3-10-6(7)5(9)4-8/h2,5-6,8-9H,1,3-4H2. The zero-order valence-electron chi connectivity index (χ0n) is 5.53. The van der Waals surface area contributed by atoms with Crippen LogP contribution in [0.25, 0.3) is 0 Å². The highest BCUT2D eigenvalue weighted by molar-refractivity contribution is 6.20. The van der Waals surface area contributed by atoms with E-state index in [0.29, 0.717) is 0 Å². The van der Waals surface area contributed by atoms with Gasteiger partial charge in [0.2, 0.25) is 0 Å². The van der Waals surface area contributed by atoms with Crippen molar-refractivity contribution >= 4 is 11.6 Å². The molecule has 3 nitrogen and oxygen atoms in total. The fourth-order valence-corrected chi connectivity index (χ4v) is 0.506. The van der Waals surface area contributed by atoms with Crippen LogP contribution in [0.1, 0.15) is 0 Å². The summed E-state index contributed by atoms with van der Waals surface area (Å²) >= 11 is 5.43. The number of rotatable bonds is 5. The van der Waals surface area contributed by atoms with E-state index in [4.69, 9.17) is 26.6 Å². The van der Waals surface area contributed by atoms with Crippen LogP contribution in [-0.4, -0.2) is 35.1 Å². The van der Waals surface area contributed by atoms with Crippen molar-refractivity contribution in [3.63, 3.8) is 0 Å². The first-order valence-corrected chi connectivity index (χ1v) is 3.31. The molecule has 0 aromatic rings. The van der Waals surface area contributed by atoms with Crippen molar-refractivity contribution in [1.29, 1.82) is 0 Å². The SMILES string of the molecule is C=CCOC(Cl)C(O)CO. The Labute approximate surface area is 64.9 Å². The molecule has 0 amide bonds. The van der Waals surface area contributed by atoms with Crippen molar-refractivity contribution in [1.82, 2.24) is 0 Å². The zero-order valence-corrected chi connectivity index (χ0v) is 6.29. The Morgan fingerprint density at radius 3 is 2.70 bits per heavy atom. The summed E-state index contributed by atoms with van der Waals surface area (Å²) in [6, 6.07) is 0. The Bertz CT molecular complexity index is 97.0. The van der Waals surface area contributed by atoms with Gasteiger partial charge in [-0.25, -0.2) is 0 Å². The maximum atomic E-state index is 8.81.